The average Bonchev–Trinajstić information content (AvgIpc) is 3.17. The Balaban J connectivity index is 1.78. The second-order valence-corrected chi connectivity index (χ2v) is 6.36. The third-order valence-corrected chi connectivity index (χ3v) is 4.75. The summed E-state index contributed by atoms with van der Waals surface area (Å²) < 4.78 is 2.33. The molecule has 0 atom stereocenters. The molecule has 0 saturated carbocycles. The zero-order valence-corrected chi connectivity index (χ0v) is 13.6. The first-order valence-corrected chi connectivity index (χ1v) is 8.63. The first-order valence-electron chi connectivity index (χ1n) is 8.63. The van der Waals surface area contributed by atoms with Crippen molar-refractivity contribution in [1.82, 2.24) is 19.7 Å². The van der Waals surface area contributed by atoms with Crippen molar-refractivity contribution in [2.45, 2.75) is 52.0 Å². The summed E-state index contributed by atoms with van der Waals surface area (Å²) in [6.07, 6.45) is 8.81. The van der Waals surface area contributed by atoms with Gasteiger partial charge in [-0.25, -0.2) is 0 Å². The van der Waals surface area contributed by atoms with Crippen molar-refractivity contribution < 1.29 is 0 Å². The molecule has 0 N–H and O–H groups in total. The molecule has 4 nitrogen and oxygen atoms in total. The van der Waals surface area contributed by atoms with Gasteiger partial charge in [-0.2, -0.15) is 5.10 Å². The molecule has 1 aliphatic rings. The molecule has 1 aliphatic carbocycles. The number of pyridine rings is 1. The molecule has 3 heterocycles. The van der Waals surface area contributed by atoms with Crippen molar-refractivity contribution in [1.29, 1.82) is 0 Å². The molecule has 0 saturated heterocycles. The van der Waals surface area contributed by atoms with E-state index in [1.165, 1.54) is 42.3 Å². The van der Waals surface area contributed by atoms with Gasteiger partial charge >= 0.3 is 0 Å². The molecule has 0 fully saturated rings. The molecule has 0 bridgehead atoms. The predicted molar refractivity (Wildman–Crippen MR) is 91.5 cm³/mol. The van der Waals surface area contributed by atoms with Crippen LogP contribution in [0.3, 0.4) is 0 Å². The lowest BCUT2D eigenvalue weighted by Crippen LogP contribution is -2.06. The van der Waals surface area contributed by atoms with Crippen LogP contribution in [0.2, 0.25) is 0 Å². The SMILES string of the molecule is CCCCc1cc2c3c(n(Cc4ccccn4)c2nn1)CCC3. The lowest BCUT2D eigenvalue weighted by Gasteiger charge is -2.08. The number of nitrogens with zero attached hydrogens (tertiary/aromatic N) is 4. The minimum Gasteiger partial charge on any atom is -0.322 e. The van der Waals surface area contributed by atoms with Crippen LogP contribution in [0, 0.1) is 0 Å². The van der Waals surface area contributed by atoms with Crippen LogP contribution in [0.1, 0.15) is 48.8 Å². The van der Waals surface area contributed by atoms with Crippen molar-refractivity contribution in [2.75, 3.05) is 0 Å². The van der Waals surface area contributed by atoms with Crippen molar-refractivity contribution >= 4 is 11.0 Å². The molecule has 0 spiro atoms. The van der Waals surface area contributed by atoms with Crippen LogP contribution < -0.4 is 0 Å². The van der Waals surface area contributed by atoms with Crippen LogP contribution in [0.25, 0.3) is 11.0 Å². The Morgan fingerprint density at radius 2 is 2.09 bits per heavy atom. The van der Waals surface area contributed by atoms with Crippen LogP contribution in [0.15, 0.2) is 30.5 Å². The summed E-state index contributed by atoms with van der Waals surface area (Å²) in [4.78, 5) is 4.47. The topological polar surface area (TPSA) is 43.6 Å². The Morgan fingerprint density at radius 3 is 2.91 bits per heavy atom. The second-order valence-electron chi connectivity index (χ2n) is 6.36. The van der Waals surface area contributed by atoms with Gasteiger partial charge < -0.3 is 4.57 Å². The number of fused-ring (bicyclic) bond motifs is 3. The van der Waals surface area contributed by atoms with Crippen LogP contribution in [-0.2, 0) is 25.8 Å². The third-order valence-electron chi connectivity index (χ3n) is 4.75. The Kier molecular flexibility index (Phi) is 3.82. The van der Waals surface area contributed by atoms with Gasteiger partial charge in [-0.05, 0) is 55.9 Å². The molecule has 0 radical (unpaired) electrons. The van der Waals surface area contributed by atoms with E-state index in [-0.39, 0.29) is 0 Å². The van der Waals surface area contributed by atoms with Crippen molar-refractivity contribution in [3.63, 3.8) is 0 Å². The van der Waals surface area contributed by atoms with Gasteiger partial charge in [0.05, 0.1) is 17.9 Å². The van der Waals surface area contributed by atoms with E-state index in [4.69, 9.17) is 0 Å². The first-order chi connectivity index (χ1) is 11.4. The minimum absolute atomic E-state index is 0.787. The Labute approximate surface area is 136 Å². The fourth-order valence-electron chi connectivity index (χ4n) is 3.59. The molecule has 3 aromatic heterocycles. The molecule has 4 heteroatoms. The number of aryl methyl sites for hydroxylation is 2. The highest BCUT2D eigenvalue weighted by atomic mass is 15.2. The summed E-state index contributed by atoms with van der Waals surface area (Å²) in [5.41, 5.74) is 6.16. The molecule has 0 amide bonds. The minimum atomic E-state index is 0.787. The van der Waals surface area contributed by atoms with E-state index in [0.717, 1.165) is 36.4 Å². The van der Waals surface area contributed by atoms with Crippen LogP contribution >= 0.6 is 0 Å². The smallest absolute Gasteiger partial charge is 0.163 e. The fourth-order valence-corrected chi connectivity index (χ4v) is 3.59. The molecule has 4 rings (SSSR count). The standard InChI is InChI=1S/C19H22N4/c1-2-3-7-14-12-17-16-9-6-10-18(16)23(19(17)22-21-14)13-15-8-4-5-11-20-15/h4-5,8,11-12H,2-3,6-7,9-10,13H2,1H3. The normalized spacial score (nSPS) is 13.6. The summed E-state index contributed by atoms with van der Waals surface area (Å²) in [7, 11) is 0. The summed E-state index contributed by atoms with van der Waals surface area (Å²) >= 11 is 0. The highest BCUT2D eigenvalue weighted by Crippen LogP contribution is 2.32. The van der Waals surface area contributed by atoms with E-state index in [1.54, 1.807) is 0 Å². The van der Waals surface area contributed by atoms with E-state index in [9.17, 15) is 0 Å². The molecule has 3 aromatic rings. The van der Waals surface area contributed by atoms with Gasteiger partial charge in [-0.3, -0.25) is 4.98 Å². The molecular formula is C19H22N4. The third kappa shape index (κ3) is 2.62. The van der Waals surface area contributed by atoms with Gasteiger partial charge in [-0.1, -0.05) is 19.4 Å². The zero-order chi connectivity index (χ0) is 15.6. The maximum absolute atomic E-state index is 4.58. The number of hydrogen-bond donors (Lipinski definition) is 0. The van der Waals surface area contributed by atoms with Crippen molar-refractivity contribution in [3.05, 3.63) is 53.1 Å². The number of unbranched alkanes of at least 4 members (excludes halogenated alkanes) is 1. The number of hydrogen-bond acceptors (Lipinski definition) is 3. The molecule has 0 aliphatic heterocycles. The van der Waals surface area contributed by atoms with Gasteiger partial charge in [0.2, 0.25) is 0 Å². The number of rotatable bonds is 5. The Morgan fingerprint density at radius 1 is 1.13 bits per heavy atom. The van der Waals surface area contributed by atoms with Gasteiger partial charge in [0.25, 0.3) is 0 Å². The molecule has 118 valence electrons. The summed E-state index contributed by atoms with van der Waals surface area (Å²) in [6, 6.07) is 8.36. The Bertz CT molecular complexity index is 820. The maximum Gasteiger partial charge on any atom is 0.163 e. The van der Waals surface area contributed by atoms with Crippen LogP contribution in [0.5, 0.6) is 0 Å². The zero-order valence-electron chi connectivity index (χ0n) is 13.6. The van der Waals surface area contributed by atoms with Crippen molar-refractivity contribution in [3.8, 4) is 0 Å². The first kappa shape index (κ1) is 14.4. The highest BCUT2D eigenvalue weighted by Gasteiger charge is 2.23. The lowest BCUT2D eigenvalue weighted by molar-refractivity contribution is 0.727. The molecule has 0 unspecified atom stereocenters. The van der Waals surface area contributed by atoms with Gasteiger partial charge in [0.1, 0.15) is 0 Å². The van der Waals surface area contributed by atoms with Gasteiger partial charge in [0, 0.05) is 17.3 Å². The summed E-state index contributed by atoms with van der Waals surface area (Å²) in [5, 5.41) is 10.4. The van der Waals surface area contributed by atoms with E-state index < -0.39 is 0 Å². The lowest BCUT2D eigenvalue weighted by atomic mass is 10.1. The second kappa shape index (κ2) is 6.11. The summed E-state index contributed by atoms with van der Waals surface area (Å²) in [5.74, 6) is 0. The van der Waals surface area contributed by atoms with E-state index >= 15 is 0 Å². The van der Waals surface area contributed by atoms with Gasteiger partial charge in [-0.15, -0.1) is 5.10 Å². The largest absolute Gasteiger partial charge is 0.322 e. The fraction of sp³-hybridized carbons (Fsp3) is 0.421. The van der Waals surface area contributed by atoms with Crippen molar-refractivity contribution in [2.24, 2.45) is 0 Å². The Hall–Kier alpha value is -2.23. The molecule has 0 aromatic carbocycles. The summed E-state index contributed by atoms with van der Waals surface area (Å²) in [6.45, 7) is 3.00. The van der Waals surface area contributed by atoms with Gasteiger partial charge in [0.15, 0.2) is 5.65 Å². The van der Waals surface area contributed by atoms with Crippen LogP contribution in [-0.4, -0.2) is 19.7 Å². The quantitative estimate of drug-likeness (QED) is 0.722. The predicted octanol–water partition coefficient (Wildman–Crippen LogP) is 3.71. The highest BCUT2D eigenvalue weighted by molar-refractivity contribution is 5.83. The average molecular weight is 306 g/mol. The monoisotopic (exact) mass is 306 g/mol. The van der Waals surface area contributed by atoms with Crippen LogP contribution in [0.4, 0.5) is 0 Å². The van der Waals surface area contributed by atoms with E-state index in [1.807, 2.05) is 18.3 Å². The number of aromatic nitrogens is 4. The maximum atomic E-state index is 4.58. The van der Waals surface area contributed by atoms with E-state index in [2.05, 4.69) is 38.8 Å². The molecular weight excluding hydrogens is 284 g/mol. The van der Waals surface area contributed by atoms with E-state index in [0.29, 0.717) is 0 Å². The molecule has 23 heavy (non-hydrogen) atoms.